The Bertz CT molecular complexity index is 214. The Labute approximate surface area is 109 Å². The Kier molecular flexibility index (Phi) is 5.27. The Balaban J connectivity index is 2.56. The average Bonchev–Trinajstić information content (AvgIpc) is 2.17. The molecule has 96 valence electrons. The third kappa shape index (κ3) is 4.01. The van der Waals surface area contributed by atoms with Crippen molar-refractivity contribution in [3.63, 3.8) is 0 Å². The van der Waals surface area contributed by atoms with Crippen LogP contribution in [0.3, 0.4) is 0 Å². The smallest absolute Gasteiger partial charge is 0.0674 e. The summed E-state index contributed by atoms with van der Waals surface area (Å²) in [5.41, 5.74) is 0.366. The minimum atomic E-state index is 0.366. The molecule has 1 heterocycles. The maximum Gasteiger partial charge on any atom is 0.0674 e. The van der Waals surface area contributed by atoms with Crippen molar-refractivity contribution in [1.29, 1.82) is 0 Å². The van der Waals surface area contributed by atoms with E-state index in [0.717, 1.165) is 18.5 Å². The molecule has 1 saturated heterocycles. The second-order valence-corrected chi connectivity index (χ2v) is 6.81. The highest BCUT2D eigenvalue weighted by Gasteiger charge is 2.30. The first kappa shape index (κ1) is 14.5. The molecule has 0 aliphatic carbocycles. The van der Waals surface area contributed by atoms with Crippen molar-refractivity contribution in [3.05, 3.63) is 0 Å². The molecule has 3 heteroatoms. The molecule has 1 fully saturated rings. The van der Waals surface area contributed by atoms with E-state index in [-0.39, 0.29) is 0 Å². The number of halogens is 1. The van der Waals surface area contributed by atoms with Crippen LogP contribution in [0.1, 0.15) is 34.6 Å². The predicted octanol–water partition coefficient (Wildman–Crippen LogP) is 3.15. The summed E-state index contributed by atoms with van der Waals surface area (Å²) in [6, 6.07) is 0.556. The van der Waals surface area contributed by atoms with Gasteiger partial charge >= 0.3 is 0 Å². The third-order valence-electron chi connectivity index (χ3n) is 3.60. The zero-order valence-electron chi connectivity index (χ0n) is 11.3. The van der Waals surface area contributed by atoms with E-state index in [1.54, 1.807) is 0 Å². The maximum absolute atomic E-state index is 5.67. The fourth-order valence-corrected chi connectivity index (χ4v) is 3.24. The second kappa shape index (κ2) is 5.83. The first-order chi connectivity index (χ1) is 7.34. The van der Waals surface area contributed by atoms with Crippen molar-refractivity contribution in [2.45, 2.75) is 46.8 Å². The van der Waals surface area contributed by atoms with Crippen molar-refractivity contribution in [3.8, 4) is 0 Å². The number of ether oxygens (including phenoxy) is 1. The van der Waals surface area contributed by atoms with Gasteiger partial charge in [-0.15, -0.1) is 0 Å². The van der Waals surface area contributed by atoms with Gasteiger partial charge in [0.05, 0.1) is 12.7 Å². The molecule has 1 aliphatic heterocycles. The van der Waals surface area contributed by atoms with Gasteiger partial charge in [-0.25, -0.2) is 0 Å². The molecule has 0 aromatic heterocycles. The van der Waals surface area contributed by atoms with Gasteiger partial charge in [0.25, 0.3) is 0 Å². The zero-order chi connectivity index (χ0) is 12.3. The van der Waals surface area contributed by atoms with Gasteiger partial charge < -0.3 is 4.74 Å². The predicted molar refractivity (Wildman–Crippen MR) is 73.2 cm³/mol. The zero-order valence-corrected chi connectivity index (χ0v) is 12.9. The fraction of sp³-hybridized carbons (Fsp3) is 1.00. The summed E-state index contributed by atoms with van der Waals surface area (Å²) in [4.78, 5) is 2.57. The molecule has 1 aliphatic rings. The molecule has 0 radical (unpaired) electrons. The van der Waals surface area contributed by atoms with Crippen molar-refractivity contribution in [2.24, 2.45) is 11.3 Å². The number of hydrogen-bond acceptors (Lipinski definition) is 2. The van der Waals surface area contributed by atoms with Gasteiger partial charge in [0.2, 0.25) is 0 Å². The molecule has 2 nitrogen and oxygen atoms in total. The van der Waals surface area contributed by atoms with Crippen LogP contribution in [0.5, 0.6) is 0 Å². The van der Waals surface area contributed by atoms with Crippen LogP contribution in [0, 0.1) is 11.3 Å². The lowest BCUT2D eigenvalue weighted by Crippen LogP contribution is -2.50. The van der Waals surface area contributed by atoms with Crippen LogP contribution in [0.4, 0.5) is 0 Å². The van der Waals surface area contributed by atoms with Crippen LogP contribution in [0.2, 0.25) is 0 Å². The van der Waals surface area contributed by atoms with E-state index >= 15 is 0 Å². The molecule has 0 aromatic rings. The lowest BCUT2D eigenvalue weighted by atomic mass is 9.81. The van der Waals surface area contributed by atoms with Gasteiger partial charge in [-0.3, -0.25) is 4.90 Å². The molecule has 0 bridgehead atoms. The lowest BCUT2D eigenvalue weighted by Gasteiger charge is -2.41. The van der Waals surface area contributed by atoms with Crippen LogP contribution in [0.15, 0.2) is 0 Å². The summed E-state index contributed by atoms with van der Waals surface area (Å²) in [5, 5.41) is 1.08. The van der Waals surface area contributed by atoms with Gasteiger partial charge in [-0.05, 0) is 25.2 Å². The molecule has 0 spiro atoms. The first-order valence-electron chi connectivity index (χ1n) is 6.26. The highest BCUT2D eigenvalue weighted by molar-refractivity contribution is 9.09. The maximum atomic E-state index is 5.67. The number of morpholine rings is 1. The Morgan fingerprint density at radius 1 is 1.38 bits per heavy atom. The second-order valence-electron chi connectivity index (χ2n) is 6.16. The van der Waals surface area contributed by atoms with Crippen LogP contribution in [-0.2, 0) is 4.74 Å². The summed E-state index contributed by atoms with van der Waals surface area (Å²) < 4.78 is 5.67. The van der Waals surface area contributed by atoms with Crippen molar-refractivity contribution < 1.29 is 4.74 Å². The Hall–Kier alpha value is 0.400. The normalized spacial score (nSPS) is 30.4. The van der Waals surface area contributed by atoms with Crippen molar-refractivity contribution >= 4 is 15.9 Å². The quantitative estimate of drug-likeness (QED) is 0.741. The van der Waals surface area contributed by atoms with E-state index in [2.05, 4.69) is 55.4 Å². The minimum Gasteiger partial charge on any atom is -0.376 e. The van der Waals surface area contributed by atoms with Crippen LogP contribution >= 0.6 is 15.9 Å². The van der Waals surface area contributed by atoms with E-state index in [9.17, 15) is 0 Å². The molecular weight excluding hydrogens is 266 g/mol. The summed E-state index contributed by atoms with van der Waals surface area (Å²) in [6.07, 6.45) is 0.382. The van der Waals surface area contributed by atoms with Crippen LogP contribution < -0.4 is 0 Å². The van der Waals surface area contributed by atoms with Gasteiger partial charge in [0, 0.05) is 24.5 Å². The van der Waals surface area contributed by atoms with Gasteiger partial charge in [0.1, 0.15) is 0 Å². The molecule has 0 N–H and O–H groups in total. The highest BCUT2D eigenvalue weighted by Crippen LogP contribution is 2.29. The molecular formula is C13H26BrNO. The largest absolute Gasteiger partial charge is 0.376 e. The number of nitrogens with zero attached hydrogens (tertiary/aromatic N) is 1. The Morgan fingerprint density at radius 2 is 2.00 bits per heavy atom. The minimum absolute atomic E-state index is 0.366. The SMILES string of the molecule is CC1CN(CC(CBr)C(C)(C)C)C(C)CO1. The molecule has 3 atom stereocenters. The summed E-state index contributed by atoms with van der Waals surface area (Å²) >= 11 is 3.66. The van der Waals surface area contributed by atoms with Crippen molar-refractivity contribution in [2.75, 3.05) is 25.0 Å². The van der Waals surface area contributed by atoms with Crippen molar-refractivity contribution in [1.82, 2.24) is 4.90 Å². The van der Waals surface area contributed by atoms with Crippen LogP contribution in [0.25, 0.3) is 0 Å². The van der Waals surface area contributed by atoms with Gasteiger partial charge in [-0.2, -0.15) is 0 Å². The van der Waals surface area contributed by atoms with E-state index in [0.29, 0.717) is 23.5 Å². The molecule has 3 unspecified atom stereocenters. The fourth-order valence-electron chi connectivity index (χ4n) is 2.06. The average molecular weight is 292 g/mol. The molecule has 1 rings (SSSR count). The monoisotopic (exact) mass is 291 g/mol. The Morgan fingerprint density at radius 3 is 2.50 bits per heavy atom. The molecule has 16 heavy (non-hydrogen) atoms. The van der Waals surface area contributed by atoms with E-state index in [1.165, 1.54) is 6.54 Å². The van der Waals surface area contributed by atoms with E-state index in [1.807, 2.05) is 0 Å². The molecule has 0 saturated carbocycles. The number of rotatable bonds is 3. The number of alkyl halides is 1. The lowest BCUT2D eigenvalue weighted by molar-refractivity contribution is -0.0579. The van der Waals surface area contributed by atoms with Gasteiger partial charge in [-0.1, -0.05) is 36.7 Å². The number of hydrogen-bond donors (Lipinski definition) is 0. The summed E-state index contributed by atoms with van der Waals surface area (Å²) in [5.74, 6) is 0.695. The van der Waals surface area contributed by atoms with Crippen LogP contribution in [-0.4, -0.2) is 42.1 Å². The van der Waals surface area contributed by atoms with Gasteiger partial charge in [0.15, 0.2) is 0 Å². The van der Waals surface area contributed by atoms with E-state index in [4.69, 9.17) is 4.74 Å². The standard InChI is InChI=1S/C13H26BrNO/c1-10-9-16-11(2)7-15(10)8-12(6-14)13(3,4)5/h10-12H,6-9H2,1-5H3. The molecule has 0 aromatic carbocycles. The molecule has 0 amide bonds. The highest BCUT2D eigenvalue weighted by atomic mass is 79.9. The summed E-state index contributed by atoms with van der Waals surface area (Å²) in [6.45, 7) is 14.5. The first-order valence-corrected chi connectivity index (χ1v) is 7.38. The topological polar surface area (TPSA) is 12.5 Å². The third-order valence-corrected chi connectivity index (χ3v) is 4.38. The van der Waals surface area contributed by atoms with E-state index < -0.39 is 0 Å². The summed E-state index contributed by atoms with van der Waals surface area (Å²) in [7, 11) is 0.